The maximum Gasteiger partial charge on any atom is 0.253 e. The number of nitrogens with one attached hydrogen (secondary N) is 1. The van der Waals surface area contributed by atoms with Gasteiger partial charge in [0.2, 0.25) is 5.95 Å². The molecule has 2 rings (SSSR count). The Morgan fingerprint density at radius 2 is 2.35 bits per heavy atom. The Balaban J connectivity index is 1.95. The maximum atomic E-state index is 12.6. The fourth-order valence-corrected chi connectivity index (χ4v) is 2.62. The van der Waals surface area contributed by atoms with Crippen LogP contribution in [0.4, 0.5) is 4.39 Å². The molecule has 0 aliphatic heterocycles. The van der Waals surface area contributed by atoms with Crippen molar-refractivity contribution < 1.29 is 9.18 Å². The lowest BCUT2D eigenvalue weighted by Gasteiger charge is -2.02. The number of carbonyl (C=O) groups excluding carboxylic acids is 1. The molecule has 0 spiro atoms. The Bertz CT molecular complexity index is 527. The molecular weight excluding hydrogens is 307 g/mol. The summed E-state index contributed by atoms with van der Waals surface area (Å²) in [6.07, 6.45) is 1.22. The number of halogens is 2. The first-order valence-corrected chi connectivity index (χ1v) is 6.45. The van der Waals surface area contributed by atoms with Gasteiger partial charge in [0.05, 0.1) is 12.1 Å². The summed E-state index contributed by atoms with van der Waals surface area (Å²) in [5.41, 5.74) is 0.349. The molecule has 0 aliphatic rings. The van der Waals surface area contributed by atoms with Crippen LogP contribution in [-0.2, 0) is 6.54 Å². The summed E-state index contributed by atoms with van der Waals surface area (Å²) in [5, 5.41) is 4.68. The minimum Gasteiger partial charge on any atom is -0.347 e. The molecule has 0 saturated heterocycles. The number of carbonyl (C=O) groups is 1. The van der Waals surface area contributed by atoms with Crippen LogP contribution in [0.2, 0.25) is 0 Å². The standard InChI is InChI=1S/C11H8BrFN2OS/c12-8-3-9(17-6-8)5-15-11(16)7-1-2-10(13)14-4-7/h1-4,6H,5H2,(H,15,16). The van der Waals surface area contributed by atoms with Gasteiger partial charge in [0.15, 0.2) is 0 Å². The number of aromatic nitrogens is 1. The third kappa shape index (κ3) is 3.34. The molecule has 1 amide bonds. The summed E-state index contributed by atoms with van der Waals surface area (Å²) in [6, 6.07) is 4.51. The average molecular weight is 315 g/mol. The van der Waals surface area contributed by atoms with Crippen molar-refractivity contribution in [3.8, 4) is 0 Å². The number of rotatable bonds is 3. The number of thiophene rings is 1. The van der Waals surface area contributed by atoms with Crippen molar-refractivity contribution in [2.45, 2.75) is 6.54 Å². The smallest absolute Gasteiger partial charge is 0.253 e. The lowest BCUT2D eigenvalue weighted by Crippen LogP contribution is -2.22. The van der Waals surface area contributed by atoms with Crippen molar-refractivity contribution in [2.24, 2.45) is 0 Å². The molecule has 2 heterocycles. The summed E-state index contributed by atoms with van der Waals surface area (Å²) in [4.78, 5) is 16.1. The van der Waals surface area contributed by atoms with Gasteiger partial charge in [-0.05, 0) is 34.1 Å². The van der Waals surface area contributed by atoms with E-state index >= 15 is 0 Å². The Morgan fingerprint density at radius 1 is 1.53 bits per heavy atom. The number of amides is 1. The summed E-state index contributed by atoms with van der Waals surface area (Å²) in [7, 11) is 0. The first-order valence-electron chi connectivity index (χ1n) is 4.78. The molecule has 0 atom stereocenters. The third-order valence-electron chi connectivity index (χ3n) is 2.03. The van der Waals surface area contributed by atoms with Gasteiger partial charge in [0, 0.05) is 20.9 Å². The van der Waals surface area contributed by atoms with E-state index in [-0.39, 0.29) is 5.91 Å². The molecule has 0 saturated carbocycles. The van der Waals surface area contributed by atoms with Crippen molar-refractivity contribution in [1.29, 1.82) is 0 Å². The van der Waals surface area contributed by atoms with Crippen molar-refractivity contribution in [3.63, 3.8) is 0 Å². The number of hydrogen-bond acceptors (Lipinski definition) is 3. The van der Waals surface area contributed by atoms with Crippen LogP contribution in [0.3, 0.4) is 0 Å². The normalized spacial score (nSPS) is 10.2. The summed E-state index contributed by atoms with van der Waals surface area (Å²) >= 11 is 4.89. The lowest BCUT2D eigenvalue weighted by atomic mass is 10.2. The molecule has 0 bridgehead atoms. The highest BCUT2D eigenvalue weighted by Gasteiger charge is 2.06. The Labute approximate surface area is 110 Å². The van der Waals surface area contributed by atoms with Gasteiger partial charge in [0.25, 0.3) is 5.91 Å². The van der Waals surface area contributed by atoms with E-state index in [4.69, 9.17) is 0 Å². The van der Waals surface area contributed by atoms with Gasteiger partial charge in [-0.1, -0.05) is 0 Å². The first kappa shape index (κ1) is 12.2. The molecule has 0 fully saturated rings. The second-order valence-electron chi connectivity index (χ2n) is 3.28. The molecule has 0 aliphatic carbocycles. The van der Waals surface area contributed by atoms with Crippen molar-refractivity contribution >= 4 is 33.2 Å². The molecule has 6 heteroatoms. The molecule has 0 aromatic carbocycles. The van der Waals surface area contributed by atoms with E-state index in [2.05, 4.69) is 26.2 Å². The predicted octanol–water partition coefficient (Wildman–Crippen LogP) is 2.97. The number of hydrogen-bond donors (Lipinski definition) is 1. The van der Waals surface area contributed by atoms with Crippen molar-refractivity contribution in [2.75, 3.05) is 0 Å². The second kappa shape index (κ2) is 5.37. The van der Waals surface area contributed by atoms with Gasteiger partial charge >= 0.3 is 0 Å². The van der Waals surface area contributed by atoms with E-state index in [0.29, 0.717) is 12.1 Å². The maximum absolute atomic E-state index is 12.6. The van der Waals surface area contributed by atoms with Gasteiger partial charge in [-0.2, -0.15) is 4.39 Å². The van der Waals surface area contributed by atoms with Crippen LogP contribution in [-0.4, -0.2) is 10.9 Å². The molecule has 17 heavy (non-hydrogen) atoms. The van der Waals surface area contributed by atoms with Crippen LogP contribution < -0.4 is 5.32 Å². The zero-order chi connectivity index (χ0) is 12.3. The lowest BCUT2D eigenvalue weighted by molar-refractivity contribution is 0.0951. The molecule has 88 valence electrons. The van der Waals surface area contributed by atoms with Crippen LogP contribution in [0.25, 0.3) is 0 Å². The van der Waals surface area contributed by atoms with Crippen LogP contribution in [0.5, 0.6) is 0 Å². The highest BCUT2D eigenvalue weighted by molar-refractivity contribution is 9.10. The van der Waals surface area contributed by atoms with E-state index in [0.717, 1.165) is 15.4 Å². The van der Waals surface area contributed by atoms with E-state index < -0.39 is 5.95 Å². The molecule has 3 nitrogen and oxygen atoms in total. The van der Waals surface area contributed by atoms with Crippen LogP contribution in [0, 0.1) is 5.95 Å². The Kier molecular flexibility index (Phi) is 3.86. The zero-order valence-corrected chi connectivity index (χ0v) is 11.0. The van der Waals surface area contributed by atoms with Crippen LogP contribution in [0.15, 0.2) is 34.2 Å². The van der Waals surface area contributed by atoms with Crippen molar-refractivity contribution in [3.05, 3.63) is 50.6 Å². The fourth-order valence-electron chi connectivity index (χ4n) is 1.23. The van der Waals surface area contributed by atoms with Crippen LogP contribution >= 0.6 is 27.3 Å². The minimum atomic E-state index is -0.594. The molecule has 2 aromatic rings. The highest BCUT2D eigenvalue weighted by atomic mass is 79.9. The SMILES string of the molecule is O=C(NCc1cc(Br)cs1)c1ccc(F)nc1. The zero-order valence-electron chi connectivity index (χ0n) is 8.61. The van der Waals surface area contributed by atoms with Gasteiger partial charge in [-0.25, -0.2) is 4.98 Å². The van der Waals surface area contributed by atoms with Crippen molar-refractivity contribution in [1.82, 2.24) is 10.3 Å². The molecule has 0 radical (unpaired) electrons. The topological polar surface area (TPSA) is 42.0 Å². The summed E-state index contributed by atoms with van der Waals surface area (Å²) in [6.45, 7) is 0.451. The van der Waals surface area contributed by atoms with Gasteiger partial charge < -0.3 is 5.32 Å². The number of pyridine rings is 1. The molecular formula is C11H8BrFN2OS. The highest BCUT2D eigenvalue weighted by Crippen LogP contribution is 2.19. The second-order valence-corrected chi connectivity index (χ2v) is 5.19. The van der Waals surface area contributed by atoms with Gasteiger partial charge in [-0.15, -0.1) is 11.3 Å². The quantitative estimate of drug-likeness (QED) is 0.885. The average Bonchev–Trinajstić information content (AvgIpc) is 2.73. The Hall–Kier alpha value is -1.27. The third-order valence-corrected chi connectivity index (χ3v) is 3.73. The van der Waals surface area contributed by atoms with E-state index in [1.54, 1.807) is 11.3 Å². The Morgan fingerprint density at radius 3 is 2.94 bits per heavy atom. The van der Waals surface area contributed by atoms with E-state index in [1.807, 2.05) is 11.4 Å². The number of nitrogens with zero attached hydrogens (tertiary/aromatic N) is 1. The summed E-state index contributed by atoms with van der Waals surface area (Å²) < 4.78 is 13.6. The van der Waals surface area contributed by atoms with Gasteiger partial charge in [-0.3, -0.25) is 4.79 Å². The summed E-state index contributed by atoms with van der Waals surface area (Å²) in [5.74, 6) is -0.856. The molecule has 2 aromatic heterocycles. The molecule has 0 unspecified atom stereocenters. The monoisotopic (exact) mass is 314 g/mol. The van der Waals surface area contributed by atoms with Gasteiger partial charge in [0.1, 0.15) is 0 Å². The first-order chi connectivity index (χ1) is 8.15. The van der Waals surface area contributed by atoms with E-state index in [9.17, 15) is 9.18 Å². The fraction of sp³-hybridized carbons (Fsp3) is 0.0909. The minimum absolute atomic E-state index is 0.262. The molecule has 1 N–H and O–H groups in total. The largest absolute Gasteiger partial charge is 0.347 e. The predicted molar refractivity (Wildman–Crippen MR) is 67.4 cm³/mol. The van der Waals surface area contributed by atoms with Crippen LogP contribution in [0.1, 0.15) is 15.2 Å². The van der Waals surface area contributed by atoms with E-state index in [1.165, 1.54) is 12.3 Å².